The number of ether oxygens (including phenoxy) is 1. The summed E-state index contributed by atoms with van der Waals surface area (Å²) in [6, 6.07) is 15.7. The summed E-state index contributed by atoms with van der Waals surface area (Å²) in [5.74, 6) is -0.670. The molecule has 248 valence electrons. The normalized spacial score (nSPS) is 19.3. The number of anilines is 2. The summed E-state index contributed by atoms with van der Waals surface area (Å²) >= 11 is 0. The third kappa shape index (κ3) is 6.33. The lowest BCUT2D eigenvalue weighted by atomic mass is 9.92. The molecule has 3 amide bonds. The van der Waals surface area contributed by atoms with Crippen LogP contribution in [0.4, 0.5) is 15.8 Å². The zero-order chi connectivity index (χ0) is 33.2. The van der Waals surface area contributed by atoms with E-state index in [4.69, 9.17) is 10.5 Å². The minimum atomic E-state index is -0.558. The van der Waals surface area contributed by atoms with Crippen LogP contribution in [0.2, 0.25) is 0 Å². The van der Waals surface area contributed by atoms with Crippen LogP contribution < -0.4 is 27.0 Å². The van der Waals surface area contributed by atoms with Gasteiger partial charge in [0, 0.05) is 53.0 Å². The molecule has 1 atom stereocenters. The lowest BCUT2D eigenvalue weighted by molar-refractivity contribution is -0.135. The standard InChI is InChI=1S/C34H41FN8O4/c1-21(2)34(46)40-13-11-23(12-14-40)29-18-27(31-32(36)38-39-43(29)31)26-10-9-24(17-28(26)35)37-33(45)22(3)30-19-47-16-15-41(30)42(20-44)25-7-5-4-6-8-25/h4-10,17-18,20-21,23,32,38-39H,11-16,19,36H2,1-3H3,(H,37,45)/b30-22+. The molecule has 4 heterocycles. The van der Waals surface area contributed by atoms with Crippen LogP contribution in [0.5, 0.6) is 0 Å². The number of hydrogen-bond acceptors (Lipinski definition) is 8. The van der Waals surface area contributed by atoms with Crippen LogP contribution in [0.3, 0.4) is 0 Å². The lowest BCUT2D eigenvalue weighted by Crippen LogP contribution is -2.48. The fourth-order valence-electron chi connectivity index (χ4n) is 6.53. The highest BCUT2D eigenvalue weighted by atomic mass is 19.1. The van der Waals surface area contributed by atoms with Gasteiger partial charge in [0.1, 0.15) is 12.0 Å². The van der Waals surface area contributed by atoms with Crippen LogP contribution in [0.15, 0.2) is 65.9 Å². The van der Waals surface area contributed by atoms with Crippen molar-refractivity contribution in [2.45, 2.75) is 45.7 Å². The van der Waals surface area contributed by atoms with Crippen LogP contribution in [-0.2, 0) is 19.1 Å². The molecule has 0 radical (unpaired) electrons. The van der Waals surface area contributed by atoms with Crippen molar-refractivity contribution in [2.75, 3.05) is 48.7 Å². The van der Waals surface area contributed by atoms with Crippen molar-refractivity contribution < 1.29 is 23.5 Å². The molecule has 3 aliphatic rings. The number of nitrogens with two attached hydrogens (primary N) is 1. The molecule has 3 aliphatic heterocycles. The van der Waals surface area contributed by atoms with Crippen molar-refractivity contribution in [1.29, 1.82) is 0 Å². The molecule has 0 aliphatic carbocycles. The Labute approximate surface area is 273 Å². The minimum absolute atomic E-state index is 0.0423. The molecule has 2 fully saturated rings. The summed E-state index contributed by atoms with van der Waals surface area (Å²) in [6.45, 7) is 7.72. The molecule has 1 aromatic heterocycles. The molecule has 13 heteroatoms. The van der Waals surface area contributed by atoms with Gasteiger partial charge in [0.25, 0.3) is 5.91 Å². The second-order valence-corrected chi connectivity index (χ2v) is 12.4. The van der Waals surface area contributed by atoms with Gasteiger partial charge in [-0.2, -0.15) is 5.43 Å². The Morgan fingerprint density at radius 1 is 1.09 bits per heavy atom. The smallest absolute Gasteiger partial charge is 0.253 e. The zero-order valence-corrected chi connectivity index (χ0v) is 26.8. The summed E-state index contributed by atoms with van der Waals surface area (Å²) < 4.78 is 23.4. The molecule has 6 rings (SSSR count). The molecule has 12 nitrogen and oxygen atoms in total. The number of aromatic nitrogens is 1. The van der Waals surface area contributed by atoms with Crippen LogP contribution in [0.1, 0.15) is 57.1 Å². The number of likely N-dealkylation sites (tertiary alicyclic amines) is 1. The maximum atomic E-state index is 15.8. The number of nitrogens with zero attached hydrogens (tertiary/aromatic N) is 4. The summed E-state index contributed by atoms with van der Waals surface area (Å²) in [7, 11) is 0. The second kappa shape index (κ2) is 13.6. The van der Waals surface area contributed by atoms with Crippen molar-refractivity contribution in [3.63, 3.8) is 0 Å². The van der Waals surface area contributed by atoms with E-state index in [1.807, 2.05) is 59.8 Å². The Morgan fingerprint density at radius 2 is 1.83 bits per heavy atom. The molecule has 0 saturated carbocycles. The molecule has 1 unspecified atom stereocenters. The van der Waals surface area contributed by atoms with E-state index in [-0.39, 0.29) is 30.0 Å². The largest absolute Gasteiger partial charge is 0.373 e. The first-order valence-electron chi connectivity index (χ1n) is 15.9. The number of benzene rings is 2. The highest BCUT2D eigenvalue weighted by Crippen LogP contribution is 2.39. The first kappa shape index (κ1) is 32.2. The fourth-order valence-corrected chi connectivity index (χ4v) is 6.53. The number of halogens is 1. The molecule has 2 saturated heterocycles. The number of carbonyl (C=O) groups is 3. The Morgan fingerprint density at radius 3 is 2.51 bits per heavy atom. The van der Waals surface area contributed by atoms with Gasteiger partial charge in [-0.1, -0.05) is 32.0 Å². The van der Waals surface area contributed by atoms with Gasteiger partial charge in [-0.15, -0.1) is 0 Å². The summed E-state index contributed by atoms with van der Waals surface area (Å²) in [4.78, 5) is 39.9. The van der Waals surface area contributed by atoms with Crippen molar-refractivity contribution in [3.05, 3.63) is 83.1 Å². The number of amides is 3. The van der Waals surface area contributed by atoms with Crippen LogP contribution in [0, 0.1) is 11.7 Å². The Kier molecular flexibility index (Phi) is 9.30. The van der Waals surface area contributed by atoms with E-state index in [0.29, 0.717) is 66.4 Å². The van der Waals surface area contributed by atoms with E-state index in [1.165, 1.54) is 11.1 Å². The predicted octanol–water partition coefficient (Wildman–Crippen LogP) is 3.80. The number of rotatable bonds is 8. The van der Waals surface area contributed by atoms with Crippen LogP contribution >= 0.6 is 0 Å². The highest BCUT2D eigenvalue weighted by Gasteiger charge is 2.33. The predicted molar refractivity (Wildman–Crippen MR) is 176 cm³/mol. The molecule has 5 N–H and O–H groups in total. The maximum absolute atomic E-state index is 15.8. The highest BCUT2D eigenvalue weighted by molar-refractivity contribution is 6.04. The van der Waals surface area contributed by atoms with Gasteiger partial charge in [0.05, 0.1) is 36.8 Å². The number of morpholine rings is 1. The van der Waals surface area contributed by atoms with Crippen LogP contribution in [-0.4, -0.2) is 65.7 Å². The van der Waals surface area contributed by atoms with E-state index in [0.717, 1.165) is 18.5 Å². The van der Waals surface area contributed by atoms with Crippen molar-refractivity contribution in [3.8, 4) is 11.1 Å². The van der Waals surface area contributed by atoms with E-state index >= 15 is 4.39 Å². The Bertz CT molecular complexity index is 1680. The van der Waals surface area contributed by atoms with Crippen molar-refractivity contribution in [1.82, 2.24) is 20.0 Å². The number of carbonyl (C=O) groups excluding carboxylic acids is 3. The number of para-hydroxylation sites is 1. The van der Waals surface area contributed by atoms with Gasteiger partial charge < -0.3 is 20.7 Å². The van der Waals surface area contributed by atoms with Gasteiger partial charge in [-0.05, 0) is 56.2 Å². The summed E-state index contributed by atoms with van der Waals surface area (Å²) in [5, 5.41) is 5.99. The number of hydrazine groups is 2. The van der Waals surface area contributed by atoms with Crippen molar-refractivity contribution >= 4 is 29.6 Å². The first-order valence-corrected chi connectivity index (χ1v) is 15.9. The quantitative estimate of drug-likeness (QED) is 0.215. The average Bonchev–Trinajstić information content (AvgIpc) is 3.65. The van der Waals surface area contributed by atoms with E-state index in [1.54, 1.807) is 24.1 Å². The topological polar surface area (TPSA) is 137 Å². The third-order valence-corrected chi connectivity index (χ3v) is 9.08. The van der Waals surface area contributed by atoms with Gasteiger partial charge in [0.2, 0.25) is 12.3 Å². The van der Waals surface area contributed by atoms with Gasteiger partial charge in [0.15, 0.2) is 0 Å². The monoisotopic (exact) mass is 644 g/mol. The average molecular weight is 645 g/mol. The van der Waals surface area contributed by atoms with E-state index in [9.17, 15) is 14.4 Å². The Hall–Kier alpha value is -4.72. The lowest BCUT2D eigenvalue weighted by Gasteiger charge is -2.39. The number of nitrogens with one attached hydrogen (secondary N) is 3. The van der Waals surface area contributed by atoms with Crippen molar-refractivity contribution in [2.24, 2.45) is 11.7 Å². The summed E-state index contributed by atoms with van der Waals surface area (Å²) in [6.07, 6.45) is 1.73. The van der Waals surface area contributed by atoms with E-state index in [2.05, 4.69) is 16.3 Å². The molecule has 3 aromatic rings. The SMILES string of the molecule is C/C(C(=O)Nc1ccc(-c2cc(C3CCN(C(=O)C(C)C)CC3)n3c2C(N)NN3)c(F)c1)=C1/COCCN1N(C=O)c1ccccc1. The third-order valence-electron chi connectivity index (χ3n) is 9.08. The molecule has 47 heavy (non-hydrogen) atoms. The number of fused-ring (bicyclic) bond motifs is 1. The summed E-state index contributed by atoms with van der Waals surface area (Å²) in [5.41, 5.74) is 17.1. The minimum Gasteiger partial charge on any atom is -0.373 e. The molecule has 0 bridgehead atoms. The molecular weight excluding hydrogens is 603 g/mol. The second-order valence-electron chi connectivity index (χ2n) is 12.4. The maximum Gasteiger partial charge on any atom is 0.253 e. The van der Waals surface area contributed by atoms with Gasteiger partial charge >= 0.3 is 0 Å². The van der Waals surface area contributed by atoms with E-state index < -0.39 is 17.9 Å². The molecule has 0 spiro atoms. The fraction of sp³-hybridized carbons (Fsp3) is 0.382. The number of piperidine rings is 1. The molecular formula is C34H41FN8O4. The molecule has 2 aromatic carbocycles. The van der Waals surface area contributed by atoms with Gasteiger partial charge in [-0.3, -0.25) is 29.6 Å². The zero-order valence-electron chi connectivity index (χ0n) is 26.8. The number of hydrogen-bond donors (Lipinski definition) is 4. The first-order chi connectivity index (χ1) is 22.7. The van der Waals surface area contributed by atoms with Gasteiger partial charge in [-0.25, -0.2) is 9.40 Å². The Balaban J connectivity index is 1.22. The van der Waals surface area contributed by atoms with Crippen LogP contribution in [0.25, 0.3) is 11.1 Å².